The lowest BCUT2D eigenvalue weighted by atomic mass is 10.2. The molecular weight excluding hydrogens is 341 g/mol. The van der Waals surface area contributed by atoms with Gasteiger partial charge in [0.15, 0.2) is 0 Å². The number of hydrogen-bond acceptors (Lipinski definition) is 2. The van der Waals surface area contributed by atoms with E-state index in [0.29, 0.717) is 12.2 Å². The number of halogens is 1. The first-order valence-electron chi connectivity index (χ1n) is 6.51. The molecule has 1 aromatic carbocycles. The number of nitrogens with one attached hydrogen (secondary N) is 1. The molecule has 0 bridgehead atoms. The van der Waals surface area contributed by atoms with Crippen LogP contribution in [0.3, 0.4) is 0 Å². The average Bonchev–Trinajstić information content (AvgIpc) is 2.30. The molecule has 2 rings (SSSR count). The summed E-state index contributed by atoms with van der Waals surface area (Å²) in [5, 5.41) is 0. The first-order valence-corrected chi connectivity index (χ1v) is 7.59. The van der Waals surface area contributed by atoms with Gasteiger partial charge in [0, 0.05) is 3.57 Å². The second-order valence-electron chi connectivity index (χ2n) is 4.97. The second-order valence-corrected chi connectivity index (χ2v) is 6.21. The lowest BCUT2D eigenvalue weighted by Crippen LogP contribution is -3.16. The zero-order valence-electron chi connectivity index (χ0n) is 11.0. The summed E-state index contributed by atoms with van der Waals surface area (Å²) < 4.78 is 12.7. The van der Waals surface area contributed by atoms with Crippen LogP contribution in [0.15, 0.2) is 24.3 Å². The van der Waals surface area contributed by atoms with Crippen molar-refractivity contribution in [1.29, 1.82) is 0 Å². The molecular formula is C14H21INO2+. The fourth-order valence-corrected chi connectivity index (χ4v) is 2.80. The number of quaternary nitrogens is 1. The molecule has 0 amide bonds. The fourth-order valence-electron chi connectivity index (χ4n) is 2.44. The van der Waals surface area contributed by atoms with Crippen molar-refractivity contribution in [2.45, 2.75) is 26.1 Å². The summed E-state index contributed by atoms with van der Waals surface area (Å²) in [6.45, 7) is 8.28. The van der Waals surface area contributed by atoms with E-state index in [4.69, 9.17) is 9.47 Å². The Kier molecular flexibility index (Phi) is 5.26. The van der Waals surface area contributed by atoms with E-state index in [0.717, 1.165) is 32.0 Å². The normalized spacial score (nSPS) is 28.1. The topological polar surface area (TPSA) is 22.9 Å². The molecule has 1 fully saturated rings. The van der Waals surface area contributed by atoms with Gasteiger partial charge in [-0.1, -0.05) is 0 Å². The largest absolute Gasteiger partial charge is 0.488 e. The Bertz CT molecular complexity index is 359. The van der Waals surface area contributed by atoms with Crippen LogP contribution in [0, 0.1) is 3.57 Å². The van der Waals surface area contributed by atoms with Gasteiger partial charge in [0.05, 0.1) is 0 Å². The van der Waals surface area contributed by atoms with Crippen LogP contribution >= 0.6 is 22.6 Å². The first-order chi connectivity index (χ1) is 8.63. The smallest absolute Gasteiger partial charge is 0.137 e. The summed E-state index contributed by atoms with van der Waals surface area (Å²) in [5.74, 6) is 0.962. The van der Waals surface area contributed by atoms with E-state index in [9.17, 15) is 0 Å². The van der Waals surface area contributed by atoms with E-state index >= 15 is 0 Å². The third kappa shape index (κ3) is 4.40. The molecule has 1 aliphatic heterocycles. The van der Waals surface area contributed by atoms with E-state index in [2.05, 4.69) is 48.6 Å². The van der Waals surface area contributed by atoms with Crippen molar-refractivity contribution in [2.75, 3.05) is 26.2 Å². The van der Waals surface area contributed by atoms with E-state index in [1.165, 1.54) is 3.57 Å². The van der Waals surface area contributed by atoms with Crippen molar-refractivity contribution in [1.82, 2.24) is 0 Å². The van der Waals surface area contributed by atoms with Gasteiger partial charge in [-0.05, 0) is 60.7 Å². The van der Waals surface area contributed by atoms with Gasteiger partial charge >= 0.3 is 0 Å². The molecule has 1 saturated heterocycles. The van der Waals surface area contributed by atoms with Crippen molar-refractivity contribution in [3.63, 3.8) is 0 Å². The van der Waals surface area contributed by atoms with Crippen LogP contribution in [0.25, 0.3) is 0 Å². The maximum Gasteiger partial charge on any atom is 0.137 e. The Morgan fingerprint density at radius 2 is 1.83 bits per heavy atom. The number of ether oxygens (including phenoxy) is 2. The van der Waals surface area contributed by atoms with Crippen LogP contribution in [0.4, 0.5) is 0 Å². The lowest BCUT2D eigenvalue weighted by Gasteiger charge is -2.32. The number of hydrogen-bond donors (Lipinski definition) is 1. The van der Waals surface area contributed by atoms with E-state index < -0.39 is 0 Å². The molecule has 0 radical (unpaired) electrons. The molecule has 4 heteroatoms. The lowest BCUT2D eigenvalue weighted by molar-refractivity contribution is -0.915. The molecule has 0 spiro atoms. The van der Waals surface area contributed by atoms with Gasteiger partial charge < -0.3 is 14.4 Å². The molecule has 1 aliphatic rings. The highest BCUT2D eigenvalue weighted by molar-refractivity contribution is 14.1. The Balaban J connectivity index is 1.73. The quantitative estimate of drug-likeness (QED) is 0.818. The Labute approximate surface area is 123 Å². The van der Waals surface area contributed by atoms with Crippen molar-refractivity contribution in [3.8, 4) is 5.75 Å². The maximum absolute atomic E-state index is 5.77. The summed E-state index contributed by atoms with van der Waals surface area (Å²) in [6, 6.07) is 8.20. The molecule has 1 heterocycles. The molecule has 0 aromatic heterocycles. The molecule has 0 unspecified atom stereocenters. The minimum atomic E-state index is 0.363. The molecule has 0 saturated carbocycles. The van der Waals surface area contributed by atoms with Crippen LogP contribution in [0.2, 0.25) is 0 Å². The van der Waals surface area contributed by atoms with Crippen molar-refractivity contribution >= 4 is 22.6 Å². The highest BCUT2D eigenvalue weighted by Gasteiger charge is 2.25. The van der Waals surface area contributed by atoms with Gasteiger partial charge in [0.25, 0.3) is 0 Å². The van der Waals surface area contributed by atoms with Crippen LogP contribution in [0.5, 0.6) is 5.75 Å². The second kappa shape index (κ2) is 6.73. The van der Waals surface area contributed by atoms with Crippen LogP contribution < -0.4 is 9.64 Å². The minimum Gasteiger partial charge on any atom is -0.488 e. The predicted octanol–water partition coefficient (Wildman–Crippen LogP) is 1.36. The van der Waals surface area contributed by atoms with Gasteiger partial charge in [0.1, 0.15) is 44.2 Å². The van der Waals surface area contributed by atoms with Gasteiger partial charge in [-0.15, -0.1) is 0 Å². The molecule has 2 atom stereocenters. The Morgan fingerprint density at radius 1 is 1.22 bits per heavy atom. The SMILES string of the molecule is C[C@@H]1C[NH+](CCOc2ccc(I)cc2)C[C@@H](C)O1. The minimum absolute atomic E-state index is 0.363. The molecule has 1 aromatic rings. The fraction of sp³-hybridized carbons (Fsp3) is 0.571. The van der Waals surface area contributed by atoms with Crippen LogP contribution in [0.1, 0.15) is 13.8 Å². The van der Waals surface area contributed by atoms with E-state index in [-0.39, 0.29) is 0 Å². The summed E-state index contributed by atoms with van der Waals surface area (Å²) in [4.78, 5) is 1.58. The highest BCUT2D eigenvalue weighted by Crippen LogP contribution is 2.12. The molecule has 18 heavy (non-hydrogen) atoms. The zero-order valence-corrected chi connectivity index (χ0v) is 13.1. The van der Waals surface area contributed by atoms with E-state index in [1.807, 2.05) is 12.1 Å². The van der Waals surface area contributed by atoms with Gasteiger partial charge in [0.2, 0.25) is 0 Å². The standard InChI is InChI=1S/C14H20INO2/c1-11-9-16(10-12(2)18-11)7-8-17-14-5-3-13(15)4-6-14/h3-6,11-12H,7-10H2,1-2H3/p+1/t11-,12-/m1/s1. The molecule has 100 valence electrons. The first kappa shape index (κ1) is 14.1. The van der Waals surface area contributed by atoms with Crippen LogP contribution in [-0.4, -0.2) is 38.4 Å². The van der Waals surface area contributed by atoms with Crippen molar-refractivity contribution in [2.24, 2.45) is 0 Å². The molecule has 3 nitrogen and oxygen atoms in total. The summed E-state index contributed by atoms with van der Waals surface area (Å²) in [7, 11) is 0. The summed E-state index contributed by atoms with van der Waals surface area (Å²) in [6.07, 6.45) is 0.726. The molecule has 1 N–H and O–H groups in total. The number of morpholine rings is 1. The maximum atomic E-state index is 5.77. The average molecular weight is 362 g/mol. The van der Waals surface area contributed by atoms with Crippen molar-refractivity contribution < 1.29 is 14.4 Å². The summed E-state index contributed by atoms with van der Waals surface area (Å²) >= 11 is 2.30. The zero-order chi connectivity index (χ0) is 13.0. The van der Waals surface area contributed by atoms with Crippen molar-refractivity contribution in [3.05, 3.63) is 27.8 Å². The number of rotatable bonds is 4. The highest BCUT2D eigenvalue weighted by atomic mass is 127. The van der Waals surface area contributed by atoms with E-state index in [1.54, 1.807) is 4.90 Å². The predicted molar refractivity (Wildman–Crippen MR) is 80.2 cm³/mol. The van der Waals surface area contributed by atoms with Gasteiger partial charge in [-0.25, -0.2) is 0 Å². The third-order valence-electron chi connectivity index (χ3n) is 3.15. The van der Waals surface area contributed by atoms with Crippen LogP contribution in [-0.2, 0) is 4.74 Å². The molecule has 0 aliphatic carbocycles. The third-order valence-corrected chi connectivity index (χ3v) is 3.87. The summed E-state index contributed by atoms with van der Waals surface area (Å²) in [5.41, 5.74) is 0. The monoisotopic (exact) mass is 362 g/mol. The Morgan fingerprint density at radius 3 is 2.44 bits per heavy atom. The van der Waals surface area contributed by atoms with Gasteiger partial charge in [-0.3, -0.25) is 0 Å². The Hall–Kier alpha value is -0.330. The van der Waals surface area contributed by atoms with Gasteiger partial charge in [-0.2, -0.15) is 0 Å². The number of benzene rings is 1.